The number of benzene rings is 2. The van der Waals surface area contributed by atoms with Crippen LogP contribution < -0.4 is 9.47 Å². The van der Waals surface area contributed by atoms with E-state index in [-0.39, 0.29) is 0 Å². The fraction of sp³-hybridized carbons (Fsp3) is 0.333. The second kappa shape index (κ2) is 7.82. The van der Waals surface area contributed by atoms with Crippen molar-refractivity contribution in [3.8, 4) is 11.5 Å². The van der Waals surface area contributed by atoms with Crippen LogP contribution in [0.25, 0.3) is 0 Å². The van der Waals surface area contributed by atoms with Crippen molar-refractivity contribution in [3.63, 3.8) is 0 Å². The Bertz CT molecular complexity index is 544. The Kier molecular flexibility index (Phi) is 5.81. The first-order chi connectivity index (χ1) is 10.7. The summed E-state index contributed by atoms with van der Waals surface area (Å²) < 4.78 is 10.5. The lowest BCUT2D eigenvalue weighted by Crippen LogP contribution is -2.30. The van der Waals surface area contributed by atoms with Gasteiger partial charge >= 0.3 is 0 Å². The van der Waals surface area contributed by atoms with Crippen LogP contribution >= 0.6 is 0 Å². The highest BCUT2D eigenvalue weighted by Crippen LogP contribution is 2.23. The zero-order chi connectivity index (χ0) is 15.9. The van der Waals surface area contributed by atoms with Crippen molar-refractivity contribution in [3.05, 3.63) is 59.7 Å². The van der Waals surface area contributed by atoms with E-state index in [9.17, 15) is 10.2 Å². The van der Waals surface area contributed by atoms with Gasteiger partial charge in [-0.05, 0) is 23.3 Å². The minimum absolute atomic E-state index is 0.334. The van der Waals surface area contributed by atoms with Crippen LogP contribution in [0.15, 0.2) is 48.5 Å². The van der Waals surface area contributed by atoms with E-state index in [0.29, 0.717) is 24.3 Å². The predicted molar refractivity (Wildman–Crippen MR) is 85.4 cm³/mol. The average molecular weight is 302 g/mol. The summed E-state index contributed by atoms with van der Waals surface area (Å²) in [4.78, 5) is 0. The maximum atomic E-state index is 10.3. The normalized spacial score (nSPS) is 13.5. The van der Waals surface area contributed by atoms with Gasteiger partial charge in [0.25, 0.3) is 0 Å². The van der Waals surface area contributed by atoms with Gasteiger partial charge in [-0.15, -0.1) is 0 Å². The fourth-order valence-electron chi connectivity index (χ4n) is 2.47. The molecule has 0 aromatic heterocycles. The number of aliphatic hydroxyl groups excluding tert-OH is 2. The highest BCUT2D eigenvalue weighted by molar-refractivity contribution is 5.35. The second-order valence-electron chi connectivity index (χ2n) is 5.17. The summed E-state index contributed by atoms with van der Waals surface area (Å²) in [6.07, 6.45) is -1.08. The minimum atomic E-state index is -0.874. The van der Waals surface area contributed by atoms with Crippen LogP contribution in [0, 0.1) is 0 Å². The molecule has 4 heteroatoms. The summed E-state index contributed by atoms with van der Waals surface area (Å²) in [5.74, 6) is 1.43. The summed E-state index contributed by atoms with van der Waals surface area (Å²) in [6.45, 7) is 0. The third-order valence-corrected chi connectivity index (χ3v) is 3.69. The third kappa shape index (κ3) is 4.00. The van der Waals surface area contributed by atoms with Crippen molar-refractivity contribution in [1.82, 2.24) is 0 Å². The molecule has 2 N–H and O–H groups in total. The molecule has 118 valence electrons. The minimum Gasteiger partial charge on any atom is -0.496 e. The number of hydrogen-bond donors (Lipinski definition) is 2. The summed E-state index contributed by atoms with van der Waals surface area (Å²) in [5.41, 5.74) is 1.74. The summed E-state index contributed by atoms with van der Waals surface area (Å²) in [7, 11) is 3.19. The zero-order valence-electron chi connectivity index (χ0n) is 12.9. The molecule has 0 heterocycles. The van der Waals surface area contributed by atoms with Gasteiger partial charge in [-0.1, -0.05) is 36.4 Å². The maximum absolute atomic E-state index is 10.3. The van der Waals surface area contributed by atoms with E-state index in [4.69, 9.17) is 9.47 Å². The molecular weight excluding hydrogens is 280 g/mol. The van der Waals surface area contributed by atoms with Crippen LogP contribution in [-0.2, 0) is 12.8 Å². The molecule has 2 rings (SSSR count). The zero-order valence-corrected chi connectivity index (χ0v) is 12.9. The number of para-hydroxylation sites is 2. The molecule has 0 amide bonds. The maximum Gasteiger partial charge on any atom is 0.122 e. The first-order valence-corrected chi connectivity index (χ1v) is 7.25. The van der Waals surface area contributed by atoms with E-state index in [1.807, 2.05) is 48.5 Å². The molecule has 0 saturated carbocycles. The quantitative estimate of drug-likeness (QED) is 0.823. The van der Waals surface area contributed by atoms with Gasteiger partial charge in [0.05, 0.1) is 26.4 Å². The number of aliphatic hydroxyl groups is 2. The summed E-state index contributed by atoms with van der Waals surface area (Å²) in [5, 5.41) is 20.5. The van der Waals surface area contributed by atoms with E-state index in [1.165, 1.54) is 0 Å². The standard InChI is InChI=1S/C18H22O4/c1-21-17-9-5-3-7-13(17)11-15(19)16(20)12-14-8-4-6-10-18(14)22-2/h3-10,15-16,19-20H,11-12H2,1-2H3/t15-,16-/m0/s1. The fourth-order valence-corrected chi connectivity index (χ4v) is 2.47. The third-order valence-electron chi connectivity index (χ3n) is 3.69. The summed E-state index contributed by atoms with van der Waals surface area (Å²) in [6, 6.07) is 15.0. The molecule has 0 unspecified atom stereocenters. The molecule has 0 aliphatic rings. The van der Waals surface area contributed by atoms with E-state index in [0.717, 1.165) is 11.1 Å². The Hall–Kier alpha value is -2.04. The van der Waals surface area contributed by atoms with Crippen molar-refractivity contribution in [2.45, 2.75) is 25.0 Å². The van der Waals surface area contributed by atoms with E-state index >= 15 is 0 Å². The van der Waals surface area contributed by atoms with E-state index < -0.39 is 12.2 Å². The summed E-state index contributed by atoms with van der Waals surface area (Å²) >= 11 is 0. The molecule has 2 aromatic rings. The lowest BCUT2D eigenvalue weighted by molar-refractivity contribution is 0.0200. The second-order valence-corrected chi connectivity index (χ2v) is 5.17. The highest BCUT2D eigenvalue weighted by Gasteiger charge is 2.20. The topological polar surface area (TPSA) is 58.9 Å². The lowest BCUT2D eigenvalue weighted by atomic mass is 9.97. The number of hydrogen-bond acceptors (Lipinski definition) is 4. The van der Waals surface area contributed by atoms with Gasteiger partial charge in [-0.25, -0.2) is 0 Å². The number of ether oxygens (including phenoxy) is 2. The Morgan fingerprint density at radius 1 is 0.727 bits per heavy atom. The molecule has 0 bridgehead atoms. The lowest BCUT2D eigenvalue weighted by Gasteiger charge is -2.20. The molecule has 0 aliphatic carbocycles. The molecular formula is C18H22O4. The van der Waals surface area contributed by atoms with Gasteiger partial charge in [0.15, 0.2) is 0 Å². The Morgan fingerprint density at radius 3 is 1.45 bits per heavy atom. The molecule has 2 aromatic carbocycles. The smallest absolute Gasteiger partial charge is 0.122 e. The first-order valence-electron chi connectivity index (χ1n) is 7.25. The van der Waals surface area contributed by atoms with Crippen LogP contribution in [0.3, 0.4) is 0 Å². The molecule has 22 heavy (non-hydrogen) atoms. The molecule has 0 fully saturated rings. The molecule has 0 radical (unpaired) electrons. The first kappa shape index (κ1) is 16.3. The van der Waals surface area contributed by atoms with Crippen LogP contribution in [0.4, 0.5) is 0 Å². The average Bonchev–Trinajstić information content (AvgIpc) is 2.55. The van der Waals surface area contributed by atoms with Gasteiger partial charge in [-0.3, -0.25) is 0 Å². The molecule has 0 saturated heterocycles. The van der Waals surface area contributed by atoms with Crippen LogP contribution in [-0.4, -0.2) is 36.6 Å². The largest absolute Gasteiger partial charge is 0.496 e. The molecule has 0 spiro atoms. The van der Waals surface area contributed by atoms with E-state index in [1.54, 1.807) is 14.2 Å². The van der Waals surface area contributed by atoms with Crippen molar-refractivity contribution in [2.75, 3.05) is 14.2 Å². The van der Waals surface area contributed by atoms with Crippen LogP contribution in [0.2, 0.25) is 0 Å². The number of methoxy groups -OCH3 is 2. The van der Waals surface area contributed by atoms with Gasteiger partial charge in [0.2, 0.25) is 0 Å². The Balaban J connectivity index is 2.04. The van der Waals surface area contributed by atoms with Gasteiger partial charge in [0.1, 0.15) is 11.5 Å². The predicted octanol–water partition coefficient (Wildman–Crippen LogP) is 2.21. The monoisotopic (exact) mass is 302 g/mol. The highest BCUT2D eigenvalue weighted by atomic mass is 16.5. The molecule has 2 atom stereocenters. The SMILES string of the molecule is COc1ccccc1C[C@H](O)[C@@H](O)Cc1ccccc1OC. The van der Waals surface area contributed by atoms with Crippen LogP contribution in [0.1, 0.15) is 11.1 Å². The molecule has 0 aliphatic heterocycles. The number of rotatable bonds is 7. The van der Waals surface area contributed by atoms with Gasteiger partial charge < -0.3 is 19.7 Å². The van der Waals surface area contributed by atoms with Crippen molar-refractivity contribution >= 4 is 0 Å². The van der Waals surface area contributed by atoms with Gasteiger partial charge in [-0.2, -0.15) is 0 Å². The van der Waals surface area contributed by atoms with Crippen molar-refractivity contribution in [1.29, 1.82) is 0 Å². The van der Waals surface area contributed by atoms with Crippen molar-refractivity contribution in [2.24, 2.45) is 0 Å². The Labute approximate surface area is 130 Å². The Morgan fingerprint density at radius 2 is 1.09 bits per heavy atom. The van der Waals surface area contributed by atoms with Gasteiger partial charge in [0, 0.05) is 12.8 Å². The van der Waals surface area contributed by atoms with E-state index in [2.05, 4.69) is 0 Å². The van der Waals surface area contributed by atoms with Crippen LogP contribution in [0.5, 0.6) is 11.5 Å². The van der Waals surface area contributed by atoms with Crippen molar-refractivity contribution < 1.29 is 19.7 Å². The molecule has 4 nitrogen and oxygen atoms in total.